The number of pyridine rings is 1. The van der Waals surface area contributed by atoms with E-state index in [1.807, 2.05) is 49.4 Å². The molecule has 21 heavy (non-hydrogen) atoms. The van der Waals surface area contributed by atoms with Crippen molar-refractivity contribution in [2.75, 3.05) is 0 Å². The Balaban J connectivity index is 1.85. The smallest absolute Gasteiger partial charge is 0.264 e. The SMILES string of the molecule is Cc1ccccc1N=C1NC(=O)C(=Cc2cccnc2)S1. The van der Waals surface area contributed by atoms with Crippen molar-refractivity contribution in [3.63, 3.8) is 0 Å². The number of carbonyl (C=O) groups is 1. The summed E-state index contributed by atoms with van der Waals surface area (Å²) in [6, 6.07) is 11.6. The molecule has 2 heterocycles. The van der Waals surface area contributed by atoms with Gasteiger partial charge in [-0.2, -0.15) is 0 Å². The number of carbonyl (C=O) groups excluding carboxylic acids is 1. The molecule has 0 bridgehead atoms. The summed E-state index contributed by atoms with van der Waals surface area (Å²) in [5.41, 5.74) is 2.83. The van der Waals surface area contributed by atoms with Gasteiger partial charge in [0, 0.05) is 12.4 Å². The van der Waals surface area contributed by atoms with Gasteiger partial charge in [-0.3, -0.25) is 9.78 Å². The Hall–Kier alpha value is -2.40. The van der Waals surface area contributed by atoms with Crippen LogP contribution in [0.25, 0.3) is 6.08 Å². The average Bonchev–Trinajstić information content (AvgIpc) is 2.82. The number of aromatic nitrogens is 1. The van der Waals surface area contributed by atoms with Crippen molar-refractivity contribution < 1.29 is 4.79 Å². The van der Waals surface area contributed by atoms with E-state index in [9.17, 15) is 4.79 Å². The molecule has 0 atom stereocenters. The lowest BCUT2D eigenvalue weighted by molar-refractivity contribution is -0.115. The summed E-state index contributed by atoms with van der Waals surface area (Å²) in [5.74, 6) is -0.129. The van der Waals surface area contributed by atoms with Gasteiger partial charge in [0.15, 0.2) is 5.17 Å². The molecular formula is C16H13N3OS. The number of thioether (sulfide) groups is 1. The van der Waals surface area contributed by atoms with E-state index in [-0.39, 0.29) is 5.91 Å². The lowest BCUT2D eigenvalue weighted by Gasteiger charge is -1.99. The van der Waals surface area contributed by atoms with Crippen molar-refractivity contribution in [3.8, 4) is 0 Å². The van der Waals surface area contributed by atoms with Crippen LogP contribution in [0.5, 0.6) is 0 Å². The maximum Gasteiger partial charge on any atom is 0.264 e. The molecule has 104 valence electrons. The van der Waals surface area contributed by atoms with Gasteiger partial charge in [0.1, 0.15) is 0 Å². The molecule has 0 unspecified atom stereocenters. The third kappa shape index (κ3) is 3.20. The first-order valence-corrected chi connectivity index (χ1v) is 7.29. The van der Waals surface area contributed by atoms with E-state index in [4.69, 9.17) is 0 Å². The molecule has 0 saturated carbocycles. The van der Waals surface area contributed by atoms with Gasteiger partial charge >= 0.3 is 0 Å². The van der Waals surface area contributed by atoms with Crippen LogP contribution in [-0.2, 0) is 4.79 Å². The molecule has 1 aliphatic heterocycles. The third-order valence-corrected chi connectivity index (χ3v) is 3.88. The number of rotatable bonds is 2. The summed E-state index contributed by atoms with van der Waals surface area (Å²) in [6.45, 7) is 1.99. The summed E-state index contributed by atoms with van der Waals surface area (Å²) in [4.78, 5) is 21.1. The van der Waals surface area contributed by atoms with E-state index in [0.717, 1.165) is 16.8 Å². The highest BCUT2D eigenvalue weighted by molar-refractivity contribution is 8.18. The van der Waals surface area contributed by atoms with Crippen LogP contribution >= 0.6 is 11.8 Å². The van der Waals surface area contributed by atoms with Crippen LogP contribution in [0.15, 0.2) is 58.7 Å². The molecule has 1 fully saturated rings. The quantitative estimate of drug-likeness (QED) is 0.865. The summed E-state index contributed by atoms with van der Waals surface area (Å²) in [6.07, 6.45) is 5.24. The number of nitrogens with zero attached hydrogens (tertiary/aromatic N) is 2. The molecule has 0 spiro atoms. The Morgan fingerprint density at radius 1 is 1.24 bits per heavy atom. The van der Waals surface area contributed by atoms with Crippen molar-refractivity contribution in [1.82, 2.24) is 10.3 Å². The second kappa shape index (κ2) is 5.93. The average molecular weight is 295 g/mol. The Labute approximate surface area is 127 Å². The summed E-state index contributed by atoms with van der Waals surface area (Å²) in [5, 5.41) is 3.39. The van der Waals surface area contributed by atoms with Crippen LogP contribution in [0.2, 0.25) is 0 Å². The van der Waals surface area contributed by atoms with Gasteiger partial charge in [-0.1, -0.05) is 24.3 Å². The predicted molar refractivity (Wildman–Crippen MR) is 86.2 cm³/mol. The molecule has 1 aliphatic rings. The first-order chi connectivity index (χ1) is 10.2. The van der Waals surface area contributed by atoms with Crippen molar-refractivity contribution in [3.05, 3.63) is 64.8 Å². The van der Waals surface area contributed by atoms with Gasteiger partial charge < -0.3 is 5.32 Å². The van der Waals surface area contributed by atoms with Gasteiger partial charge in [-0.25, -0.2) is 4.99 Å². The Morgan fingerprint density at radius 3 is 2.86 bits per heavy atom. The van der Waals surface area contributed by atoms with Gasteiger partial charge in [-0.05, 0) is 48.0 Å². The third-order valence-electron chi connectivity index (χ3n) is 2.97. The van der Waals surface area contributed by atoms with E-state index in [0.29, 0.717) is 10.1 Å². The molecule has 1 aromatic heterocycles. The monoisotopic (exact) mass is 295 g/mol. The van der Waals surface area contributed by atoms with Crippen molar-refractivity contribution in [2.24, 2.45) is 4.99 Å². The summed E-state index contributed by atoms with van der Waals surface area (Å²) in [7, 11) is 0. The minimum Gasteiger partial charge on any atom is -0.300 e. The van der Waals surface area contributed by atoms with E-state index < -0.39 is 0 Å². The van der Waals surface area contributed by atoms with Crippen LogP contribution in [0, 0.1) is 6.92 Å². The molecule has 5 heteroatoms. The maximum absolute atomic E-state index is 12.0. The van der Waals surface area contributed by atoms with Crippen LogP contribution in [0.3, 0.4) is 0 Å². The molecule has 1 aromatic carbocycles. The van der Waals surface area contributed by atoms with Crippen molar-refractivity contribution in [1.29, 1.82) is 0 Å². The molecule has 1 N–H and O–H groups in total. The van der Waals surface area contributed by atoms with Crippen molar-refractivity contribution in [2.45, 2.75) is 6.92 Å². The number of hydrogen-bond acceptors (Lipinski definition) is 4. The fourth-order valence-electron chi connectivity index (χ4n) is 1.89. The summed E-state index contributed by atoms with van der Waals surface area (Å²) >= 11 is 1.34. The Bertz CT molecular complexity index is 738. The van der Waals surface area contributed by atoms with Gasteiger partial charge in [-0.15, -0.1) is 0 Å². The number of aryl methyl sites for hydroxylation is 1. The molecule has 1 saturated heterocycles. The Kier molecular flexibility index (Phi) is 3.83. The van der Waals surface area contributed by atoms with Crippen LogP contribution in [0.1, 0.15) is 11.1 Å². The standard InChI is InChI=1S/C16H13N3OS/c1-11-5-2-3-7-13(11)18-16-19-15(20)14(21-16)9-12-6-4-8-17-10-12/h2-10H,1H3,(H,18,19,20). The van der Waals surface area contributed by atoms with E-state index in [1.165, 1.54) is 11.8 Å². The molecule has 0 radical (unpaired) electrons. The number of para-hydroxylation sites is 1. The first-order valence-electron chi connectivity index (χ1n) is 6.47. The predicted octanol–water partition coefficient (Wildman–Crippen LogP) is 3.28. The number of hydrogen-bond donors (Lipinski definition) is 1. The van der Waals surface area contributed by atoms with E-state index in [1.54, 1.807) is 12.4 Å². The molecule has 2 aromatic rings. The molecular weight excluding hydrogens is 282 g/mol. The first kappa shape index (κ1) is 13.6. The minimum atomic E-state index is -0.129. The lowest BCUT2D eigenvalue weighted by Crippen LogP contribution is -2.19. The Morgan fingerprint density at radius 2 is 2.10 bits per heavy atom. The second-order valence-electron chi connectivity index (χ2n) is 4.55. The minimum absolute atomic E-state index is 0.129. The molecule has 1 amide bonds. The molecule has 0 aliphatic carbocycles. The van der Waals surface area contributed by atoms with Gasteiger partial charge in [0.25, 0.3) is 5.91 Å². The zero-order valence-corrected chi connectivity index (χ0v) is 12.2. The largest absolute Gasteiger partial charge is 0.300 e. The molecule has 3 rings (SSSR count). The van der Waals surface area contributed by atoms with Gasteiger partial charge in [0.05, 0.1) is 10.6 Å². The van der Waals surface area contributed by atoms with Crippen LogP contribution < -0.4 is 5.32 Å². The maximum atomic E-state index is 12.0. The van der Waals surface area contributed by atoms with Crippen LogP contribution in [0.4, 0.5) is 5.69 Å². The zero-order chi connectivity index (χ0) is 14.7. The number of aliphatic imine (C=N–C) groups is 1. The molecule has 4 nitrogen and oxygen atoms in total. The second-order valence-corrected chi connectivity index (χ2v) is 5.59. The van der Waals surface area contributed by atoms with Crippen LogP contribution in [-0.4, -0.2) is 16.1 Å². The van der Waals surface area contributed by atoms with Gasteiger partial charge in [0.2, 0.25) is 0 Å². The topological polar surface area (TPSA) is 54.4 Å². The van der Waals surface area contributed by atoms with Crippen molar-refractivity contribution >= 4 is 34.6 Å². The zero-order valence-electron chi connectivity index (χ0n) is 11.4. The number of nitrogens with one attached hydrogen (secondary N) is 1. The number of benzene rings is 1. The highest BCUT2D eigenvalue weighted by Gasteiger charge is 2.23. The number of amides is 1. The summed E-state index contributed by atoms with van der Waals surface area (Å²) < 4.78 is 0. The fourth-order valence-corrected chi connectivity index (χ4v) is 2.73. The highest BCUT2D eigenvalue weighted by Crippen LogP contribution is 2.28. The normalized spacial score (nSPS) is 18.2. The van der Waals surface area contributed by atoms with E-state index in [2.05, 4.69) is 15.3 Å². The fraction of sp³-hybridized carbons (Fsp3) is 0.0625. The highest BCUT2D eigenvalue weighted by atomic mass is 32.2. The number of amidine groups is 1. The van der Waals surface area contributed by atoms with E-state index >= 15 is 0 Å². The lowest BCUT2D eigenvalue weighted by atomic mass is 10.2.